The molecule has 2 rings (SSSR count). The van der Waals surface area contributed by atoms with Gasteiger partial charge >= 0.3 is 0 Å². The van der Waals surface area contributed by atoms with Gasteiger partial charge in [0.25, 0.3) is 0 Å². The Morgan fingerprint density at radius 2 is 2.10 bits per heavy atom. The Morgan fingerprint density at radius 3 is 2.80 bits per heavy atom. The molecular weight excluding hydrogens is 257 g/mol. The highest BCUT2D eigenvalue weighted by molar-refractivity contribution is 5.34. The maximum absolute atomic E-state index is 12.9. The van der Waals surface area contributed by atoms with Gasteiger partial charge in [-0.2, -0.15) is 0 Å². The molecule has 1 unspecified atom stereocenters. The highest BCUT2D eigenvalue weighted by Crippen LogP contribution is 2.24. The maximum atomic E-state index is 12.9. The van der Waals surface area contributed by atoms with E-state index in [1.165, 1.54) is 38.2 Å². The third-order valence-electron chi connectivity index (χ3n) is 3.92. The first-order valence-corrected chi connectivity index (χ1v) is 7.50. The van der Waals surface area contributed by atoms with Crippen LogP contribution in [0, 0.1) is 5.82 Å². The second-order valence-corrected chi connectivity index (χ2v) is 5.51. The summed E-state index contributed by atoms with van der Waals surface area (Å²) in [5.41, 5.74) is 0.712. The van der Waals surface area contributed by atoms with Gasteiger partial charge in [-0.1, -0.05) is 25.3 Å². The number of benzene rings is 1. The number of phenols is 1. The zero-order valence-electron chi connectivity index (χ0n) is 12.1. The van der Waals surface area contributed by atoms with E-state index < -0.39 is 5.82 Å². The highest BCUT2D eigenvalue weighted by atomic mass is 19.1. The normalized spacial score (nSPS) is 18.1. The summed E-state index contributed by atoms with van der Waals surface area (Å²) in [7, 11) is 0. The van der Waals surface area contributed by atoms with E-state index in [1.807, 2.05) is 6.92 Å². The largest absolute Gasteiger partial charge is 0.508 e. The van der Waals surface area contributed by atoms with Crippen LogP contribution in [0.1, 0.15) is 50.6 Å². The first-order chi connectivity index (χ1) is 9.66. The predicted octanol–water partition coefficient (Wildman–Crippen LogP) is 3.53. The molecule has 1 aliphatic carbocycles. The fourth-order valence-corrected chi connectivity index (χ4v) is 2.73. The van der Waals surface area contributed by atoms with Gasteiger partial charge in [0.2, 0.25) is 0 Å². The summed E-state index contributed by atoms with van der Waals surface area (Å²) < 4.78 is 18.8. The topological polar surface area (TPSA) is 41.5 Å². The van der Waals surface area contributed by atoms with Gasteiger partial charge in [0.15, 0.2) is 0 Å². The van der Waals surface area contributed by atoms with Crippen molar-refractivity contribution in [3.05, 3.63) is 29.6 Å². The zero-order valence-corrected chi connectivity index (χ0v) is 12.1. The molecule has 0 aliphatic heterocycles. The van der Waals surface area contributed by atoms with Gasteiger partial charge in [-0.25, -0.2) is 4.39 Å². The van der Waals surface area contributed by atoms with Crippen molar-refractivity contribution in [1.29, 1.82) is 0 Å². The first-order valence-electron chi connectivity index (χ1n) is 7.50. The Bertz CT molecular complexity index is 419. The molecule has 1 aromatic carbocycles. The van der Waals surface area contributed by atoms with Crippen LogP contribution >= 0.6 is 0 Å². The molecule has 1 aliphatic rings. The van der Waals surface area contributed by atoms with Crippen LogP contribution in [-0.2, 0) is 4.74 Å². The SMILES string of the molecule is CC(NCCOC1CCCCC1)c1ccc(F)cc1O. The van der Waals surface area contributed by atoms with Crippen LogP contribution in [0.3, 0.4) is 0 Å². The van der Waals surface area contributed by atoms with Crippen LogP contribution in [-0.4, -0.2) is 24.4 Å². The second kappa shape index (κ2) is 7.60. The fourth-order valence-electron chi connectivity index (χ4n) is 2.73. The highest BCUT2D eigenvalue weighted by Gasteiger charge is 2.14. The van der Waals surface area contributed by atoms with Crippen molar-refractivity contribution in [2.75, 3.05) is 13.2 Å². The quantitative estimate of drug-likeness (QED) is 0.784. The van der Waals surface area contributed by atoms with Gasteiger partial charge in [0.1, 0.15) is 11.6 Å². The number of hydrogen-bond donors (Lipinski definition) is 2. The minimum atomic E-state index is -0.418. The lowest BCUT2D eigenvalue weighted by atomic mass is 9.98. The van der Waals surface area contributed by atoms with Gasteiger partial charge in [0, 0.05) is 24.2 Å². The molecule has 1 fully saturated rings. The zero-order chi connectivity index (χ0) is 14.4. The lowest BCUT2D eigenvalue weighted by Crippen LogP contribution is -2.26. The molecule has 0 amide bonds. The molecule has 1 atom stereocenters. The Labute approximate surface area is 120 Å². The lowest BCUT2D eigenvalue weighted by Gasteiger charge is -2.22. The van der Waals surface area contributed by atoms with Crippen molar-refractivity contribution in [3.63, 3.8) is 0 Å². The number of ether oxygens (including phenoxy) is 1. The second-order valence-electron chi connectivity index (χ2n) is 5.51. The number of phenolic OH excluding ortho intramolecular Hbond substituents is 1. The summed E-state index contributed by atoms with van der Waals surface area (Å²) in [6, 6.07) is 4.10. The van der Waals surface area contributed by atoms with E-state index in [0.29, 0.717) is 18.3 Å². The predicted molar refractivity (Wildman–Crippen MR) is 77.3 cm³/mol. The van der Waals surface area contributed by atoms with Crippen molar-refractivity contribution in [1.82, 2.24) is 5.32 Å². The van der Waals surface area contributed by atoms with Crippen molar-refractivity contribution in [2.45, 2.75) is 51.2 Å². The molecule has 4 heteroatoms. The Hall–Kier alpha value is -1.13. The number of hydrogen-bond acceptors (Lipinski definition) is 3. The van der Waals surface area contributed by atoms with Gasteiger partial charge in [0.05, 0.1) is 12.7 Å². The van der Waals surface area contributed by atoms with Crippen LogP contribution in [0.25, 0.3) is 0 Å². The van der Waals surface area contributed by atoms with E-state index in [2.05, 4.69) is 5.32 Å². The molecule has 0 radical (unpaired) electrons. The smallest absolute Gasteiger partial charge is 0.126 e. The fraction of sp³-hybridized carbons (Fsp3) is 0.625. The molecule has 1 saturated carbocycles. The van der Waals surface area contributed by atoms with Crippen molar-refractivity contribution < 1.29 is 14.2 Å². The third kappa shape index (κ3) is 4.46. The Morgan fingerprint density at radius 1 is 1.35 bits per heavy atom. The minimum Gasteiger partial charge on any atom is -0.508 e. The van der Waals surface area contributed by atoms with Crippen LogP contribution in [0.15, 0.2) is 18.2 Å². The average Bonchev–Trinajstić information content (AvgIpc) is 2.44. The first kappa shape index (κ1) is 15.3. The van der Waals surface area contributed by atoms with Gasteiger partial charge < -0.3 is 15.2 Å². The van der Waals surface area contributed by atoms with Crippen LogP contribution in [0.2, 0.25) is 0 Å². The summed E-state index contributed by atoms with van der Waals surface area (Å²) in [5, 5.41) is 13.0. The molecule has 2 N–H and O–H groups in total. The third-order valence-corrected chi connectivity index (χ3v) is 3.92. The summed E-state index contributed by atoms with van der Waals surface area (Å²) in [6.45, 7) is 3.36. The van der Waals surface area contributed by atoms with Crippen molar-refractivity contribution in [3.8, 4) is 5.75 Å². The number of halogens is 1. The molecule has 1 aromatic rings. The van der Waals surface area contributed by atoms with Crippen LogP contribution in [0.4, 0.5) is 4.39 Å². The average molecular weight is 281 g/mol. The molecule has 3 nitrogen and oxygen atoms in total. The molecule has 112 valence electrons. The number of rotatable bonds is 6. The summed E-state index contributed by atoms with van der Waals surface area (Å²) in [4.78, 5) is 0. The molecule has 20 heavy (non-hydrogen) atoms. The van der Waals surface area contributed by atoms with Gasteiger partial charge in [-0.3, -0.25) is 0 Å². The summed E-state index contributed by atoms with van der Waals surface area (Å²) in [6.07, 6.45) is 6.65. The molecule has 0 spiro atoms. The molecule has 0 aromatic heterocycles. The summed E-state index contributed by atoms with van der Waals surface area (Å²) >= 11 is 0. The molecule has 0 heterocycles. The standard InChI is InChI=1S/C16H24FNO2/c1-12(15-8-7-13(17)11-16(15)19)18-9-10-20-14-5-3-2-4-6-14/h7-8,11-12,14,18-19H,2-6,9-10H2,1H3. The van der Waals surface area contributed by atoms with Gasteiger partial charge in [-0.15, -0.1) is 0 Å². The minimum absolute atomic E-state index is 0.00167. The van der Waals surface area contributed by atoms with E-state index in [1.54, 1.807) is 6.07 Å². The Kier molecular flexibility index (Phi) is 5.80. The van der Waals surface area contributed by atoms with E-state index >= 15 is 0 Å². The van der Waals surface area contributed by atoms with E-state index in [-0.39, 0.29) is 11.8 Å². The lowest BCUT2D eigenvalue weighted by molar-refractivity contribution is 0.0295. The summed E-state index contributed by atoms with van der Waals surface area (Å²) in [5.74, 6) is -0.419. The Balaban J connectivity index is 1.70. The van der Waals surface area contributed by atoms with Crippen molar-refractivity contribution in [2.24, 2.45) is 0 Å². The van der Waals surface area contributed by atoms with Crippen LogP contribution in [0.5, 0.6) is 5.75 Å². The number of aromatic hydroxyl groups is 1. The molecular formula is C16H24FNO2. The van der Waals surface area contributed by atoms with Crippen molar-refractivity contribution >= 4 is 0 Å². The van der Waals surface area contributed by atoms with Crippen LogP contribution < -0.4 is 5.32 Å². The van der Waals surface area contributed by atoms with Gasteiger partial charge in [-0.05, 0) is 25.8 Å². The number of nitrogens with one attached hydrogen (secondary N) is 1. The molecule has 0 bridgehead atoms. The monoisotopic (exact) mass is 281 g/mol. The van der Waals surface area contributed by atoms with E-state index in [0.717, 1.165) is 12.6 Å². The van der Waals surface area contributed by atoms with E-state index in [9.17, 15) is 9.50 Å². The van der Waals surface area contributed by atoms with E-state index in [4.69, 9.17) is 4.74 Å². The molecule has 0 saturated heterocycles. The maximum Gasteiger partial charge on any atom is 0.126 e.